The van der Waals surface area contributed by atoms with Gasteiger partial charge in [-0.25, -0.2) is 4.98 Å². The molecule has 2 aromatic carbocycles. The number of aromatic nitrogens is 2. The van der Waals surface area contributed by atoms with E-state index in [1.807, 2.05) is 61.5 Å². The number of amides is 1. The Morgan fingerprint density at radius 3 is 2.48 bits per heavy atom. The minimum Gasteiger partial charge on any atom is -0.497 e. The van der Waals surface area contributed by atoms with Crippen LogP contribution in [0.15, 0.2) is 48.5 Å². The highest BCUT2D eigenvalue weighted by molar-refractivity contribution is 5.94. The van der Waals surface area contributed by atoms with Gasteiger partial charge in [0.1, 0.15) is 11.6 Å². The molecule has 3 aromatic rings. The minimum absolute atomic E-state index is 0.0520. The third-order valence-electron chi connectivity index (χ3n) is 5.73. The molecule has 2 N–H and O–H groups in total. The van der Waals surface area contributed by atoms with Crippen molar-refractivity contribution in [2.24, 2.45) is 0 Å². The Balaban J connectivity index is 1.36. The largest absolute Gasteiger partial charge is 0.497 e. The summed E-state index contributed by atoms with van der Waals surface area (Å²) < 4.78 is 5.21. The summed E-state index contributed by atoms with van der Waals surface area (Å²) >= 11 is 0. The number of carbonyl (C=O) groups is 1. The van der Waals surface area contributed by atoms with Gasteiger partial charge in [0.25, 0.3) is 5.91 Å². The van der Waals surface area contributed by atoms with E-state index in [2.05, 4.69) is 10.6 Å². The number of fused-ring (bicyclic) bond motifs is 1. The Morgan fingerprint density at radius 1 is 1.00 bits per heavy atom. The first-order valence-corrected chi connectivity index (χ1v) is 10.7. The average Bonchev–Trinajstić information content (AvgIpc) is 2.79. The molecule has 7 nitrogen and oxygen atoms in total. The van der Waals surface area contributed by atoms with E-state index < -0.39 is 0 Å². The van der Waals surface area contributed by atoms with E-state index >= 15 is 0 Å². The molecule has 1 aliphatic rings. The van der Waals surface area contributed by atoms with Crippen molar-refractivity contribution < 1.29 is 9.53 Å². The van der Waals surface area contributed by atoms with Crippen LogP contribution in [0, 0.1) is 0 Å². The molecule has 0 unspecified atom stereocenters. The Hall–Kier alpha value is -3.35. The zero-order valence-corrected chi connectivity index (χ0v) is 18.3. The summed E-state index contributed by atoms with van der Waals surface area (Å²) in [5.74, 6) is 2.20. The zero-order valence-electron chi connectivity index (χ0n) is 18.3. The SMILES string of the molecule is COc1cccc(C(=O)N[C@H]2CC[C@@H](Nc3nc(N(C)C)c4ccccc4n3)CC2)c1. The lowest BCUT2D eigenvalue weighted by atomic mass is 9.91. The second kappa shape index (κ2) is 9.20. The number of rotatable bonds is 6. The lowest BCUT2D eigenvalue weighted by Gasteiger charge is -2.30. The lowest BCUT2D eigenvalue weighted by Crippen LogP contribution is -2.40. The smallest absolute Gasteiger partial charge is 0.251 e. The summed E-state index contributed by atoms with van der Waals surface area (Å²) in [5, 5.41) is 7.71. The van der Waals surface area contributed by atoms with Crippen LogP contribution >= 0.6 is 0 Å². The van der Waals surface area contributed by atoms with Crippen molar-refractivity contribution in [1.29, 1.82) is 0 Å². The molecule has 31 heavy (non-hydrogen) atoms. The van der Waals surface area contributed by atoms with Gasteiger partial charge in [-0.05, 0) is 56.0 Å². The van der Waals surface area contributed by atoms with Crippen molar-refractivity contribution in [2.75, 3.05) is 31.4 Å². The average molecular weight is 420 g/mol. The number of ether oxygens (including phenoxy) is 1. The van der Waals surface area contributed by atoms with Crippen LogP contribution < -0.4 is 20.3 Å². The van der Waals surface area contributed by atoms with Gasteiger partial charge in [-0.3, -0.25) is 4.79 Å². The number of para-hydroxylation sites is 1. The van der Waals surface area contributed by atoms with Crippen LogP contribution in [0.4, 0.5) is 11.8 Å². The van der Waals surface area contributed by atoms with Gasteiger partial charge in [-0.1, -0.05) is 18.2 Å². The van der Waals surface area contributed by atoms with Gasteiger partial charge < -0.3 is 20.3 Å². The lowest BCUT2D eigenvalue weighted by molar-refractivity contribution is 0.0926. The molecule has 0 radical (unpaired) electrons. The maximum atomic E-state index is 12.6. The quantitative estimate of drug-likeness (QED) is 0.632. The first-order valence-electron chi connectivity index (χ1n) is 10.7. The van der Waals surface area contributed by atoms with E-state index in [0.717, 1.165) is 42.4 Å². The molecular weight excluding hydrogens is 390 g/mol. The third-order valence-corrected chi connectivity index (χ3v) is 5.73. The summed E-state index contributed by atoms with van der Waals surface area (Å²) in [5.41, 5.74) is 1.56. The van der Waals surface area contributed by atoms with Crippen LogP contribution in [0.2, 0.25) is 0 Å². The number of carbonyl (C=O) groups excluding carboxylic acids is 1. The van der Waals surface area contributed by atoms with Crippen LogP contribution in [0.1, 0.15) is 36.0 Å². The maximum absolute atomic E-state index is 12.6. The van der Waals surface area contributed by atoms with Crippen LogP contribution in [0.3, 0.4) is 0 Å². The van der Waals surface area contributed by atoms with E-state index in [1.165, 1.54) is 0 Å². The Labute approximate surface area is 182 Å². The number of hydrogen-bond acceptors (Lipinski definition) is 6. The maximum Gasteiger partial charge on any atom is 0.251 e. The van der Waals surface area contributed by atoms with E-state index in [9.17, 15) is 4.79 Å². The van der Waals surface area contributed by atoms with Gasteiger partial charge >= 0.3 is 0 Å². The van der Waals surface area contributed by atoms with Gasteiger partial charge in [-0.15, -0.1) is 0 Å². The molecule has 4 rings (SSSR count). The number of nitrogens with zero attached hydrogens (tertiary/aromatic N) is 3. The molecular formula is C24H29N5O2. The highest BCUT2D eigenvalue weighted by atomic mass is 16.5. The minimum atomic E-state index is -0.0520. The zero-order chi connectivity index (χ0) is 21.8. The fraction of sp³-hybridized carbons (Fsp3) is 0.375. The summed E-state index contributed by atoms with van der Waals surface area (Å²) in [7, 11) is 5.59. The molecule has 0 saturated heterocycles. The summed E-state index contributed by atoms with van der Waals surface area (Å²) in [4.78, 5) is 24.0. The molecule has 1 saturated carbocycles. The van der Waals surface area contributed by atoms with Gasteiger partial charge in [0.15, 0.2) is 0 Å². The fourth-order valence-corrected chi connectivity index (χ4v) is 4.06. The van der Waals surface area contributed by atoms with Crippen molar-refractivity contribution in [3.8, 4) is 5.75 Å². The molecule has 1 aromatic heterocycles. The van der Waals surface area contributed by atoms with E-state index in [4.69, 9.17) is 14.7 Å². The Morgan fingerprint density at radius 2 is 1.74 bits per heavy atom. The standard InChI is InChI=1S/C24H29N5O2/c1-29(2)22-20-9-4-5-10-21(20)27-24(28-22)26-18-13-11-17(12-14-18)25-23(30)16-7-6-8-19(15-16)31-3/h4-10,15,17-18H,11-14H2,1-3H3,(H,25,30)(H,26,27,28)/t17-,18+. The highest BCUT2D eigenvalue weighted by Crippen LogP contribution is 2.26. The normalized spacial score (nSPS) is 18.4. The van der Waals surface area contributed by atoms with E-state index in [-0.39, 0.29) is 11.9 Å². The van der Waals surface area contributed by atoms with Crippen LogP contribution in [0.5, 0.6) is 5.75 Å². The molecule has 7 heteroatoms. The van der Waals surface area contributed by atoms with Crippen LogP contribution in [-0.4, -0.2) is 49.2 Å². The van der Waals surface area contributed by atoms with Gasteiger partial charge in [0.2, 0.25) is 5.95 Å². The van der Waals surface area contributed by atoms with Gasteiger partial charge in [0, 0.05) is 37.1 Å². The Kier molecular flexibility index (Phi) is 6.21. The van der Waals surface area contributed by atoms with Crippen molar-refractivity contribution in [3.05, 3.63) is 54.1 Å². The number of benzene rings is 2. The molecule has 162 valence electrons. The van der Waals surface area contributed by atoms with Crippen LogP contribution in [0.25, 0.3) is 10.9 Å². The molecule has 1 heterocycles. The monoisotopic (exact) mass is 419 g/mol. The van der Waals surface area contributed by atoms with Crippen molar-refractivity contribution in [2.45, 2.75) is 37.8 Å². The van der Waals surface area contributed by atoms with Crippen molar-refractivity contribution >= 4 is 28.6 Å². The predicted octanol–water partition coefficient (Wildman–Crippen LogP) is 3.86. The first kappa shape index (κ1) is 20.9. The van der Waals surface area contributed by atoms with Crippen molar-refractivity contribution in [1.82, 2.24) is 15.3 Å². The molecule has 0 atom stereocenters. The summed E-state index contributed by atoms with van der Waals surface area (Å²) in [6.07, 6.45) is 3.75. The fourth-order valence-electron chi connectivity index (χ4n) is 4.06. The summed E-state index contributed by atoms with van der Waals surface area (Å²) in [6.45, 7) is 0. The number of methoxy groups -OCH3 is 1. The summed E-state index contributed by atoms with van der Waals surface area (Å²) in [6, 6.07) is 15.8. The second-order valence-electron chi connectivity index (χ2n) is 8.18. The number of nitrogens with one attached hydrogen (secondary N) is 2. The van der Waals surface area contributed by atoms with E-state index in [1.54, 1.807) is 13.2 Å². The van der Waals surface area contributed by atoms with E-state index in [0.29, 0.717) is 23.3 Å². The van der Waals surface area contributed by atoms with Crippen molar-refractivity contribution in [3.63, 3.8) is 0 Å². The molecule has 0 spiro atoms. The second-order valence-corrected chi connectivity index (χ2v) is 8.18. The molecule has 0 bridgehead atoms. The molecule has 1 fully saturated rings. The van der Waals surface area contributed by atoms with Gasteiger partial charge in [0.05, 0.1) is 12.6 Å². The first-order chi connectivity index (χ1) is 15.0. The third kappa shape index (κ3) is 4.87. The topological polar surface area (TPSA) is 79.4 Å². The number of hydrogen-bond donors (Lipinski definition) is 2. The van der Waals surface area contributed by atoms with Crippen LogP contribution in [-0.2, 0) is 0 Å². The Bertz CT molecular complexity index is 1060. The highest BCUT2D eigenvalue weighted by Gasteiger charge is 2.24. The number of anilines is 2. The molecule has 0 aliphatic heterocycles. The molecule has 1 amide bonds. The molecule has 1 aliphatic carbocycles. The predicted molar refractivity (Wildman–Crippen MR) is 124 cm³/mol. The van der Waals surface area contributed by atoms with Gasteiger partial charge in [-0.2, -0.15) is 4.98 Å².